The van der Waals surface area contributed by atoms with Crippen molar-refractivity contribution < 1.29 is 9.47 Å². The van der Waals surface area contributed by atoms with Gasteiger partial charge in [0, 0.05) is 7.11 Å². The lowest BCUT2D eigenvalue weighted by Crippen LogP contribution is -2.26. The number of methoxy groups -OCH3 is 2. The summed E-state index contributed by atoms with van der Waals surface area (Å²) < 4.78 is 11.3. The Morgan fingerprint density at radius 2 is 1.88 bits per heavy atom. The van der Waals surface area contributed by atoms with E-state index in [1.54, 1.807) is 7.11 Å². The van der Waals surface area contributed by atoms with E-state index in [2.05, 4.69) is 12.1 Å². The highest BCUT2D eigenvalue weighted by atomic mass is 33.1. The van der Waals surface area contributed by atoms with Gasteiger partial charge >= 0.3 is 0 Å². The van der Waals surface area contributed by atoms with Gasteiger partial charge in [0.2, 0.25) is 0 Å². The largest absolute Gasteiger partial charge is 0.497 e. The molecule has 3 rings (SSSR count). The number of hydrogen-bond donors (Lipinski definition) is 0. The van der Waals surface area contributed by atoms with Gasteiger partial charge < -0.3 is 9.47 Å². The zero-order chi connectivity index (χ0) is 11.9. The van der Waals surface area contributed by atoms with Crippen LogP contribution in [0.2, 0.25) is 0 Å². The highest BCUT2D eigenvalue weighted by Crippen LogP contribution is 2.69. The molecule has 1 aliphatic heterocycles. The predicted octanol–water partition coefficient (Wildman–Crippen LogP) is 3.68. The van der Waals surface area contributed by atoms with Crippen LogP contribution >= 0.6 is 21.6 Å². The van der Waals surface area contributed by atoms with Gasteiger partial charge in [-0.15, -0.1) is 0 Å². The average Bonchev–Trinajstić information content (AvgIpc) is 3.05. The minimum absolute atomic E-state index is 0.353. The van der Waals surface area contributed by atoms with Crippen molar-refractivity contribution in [2.75, 3.05) is 14.2 Å². The van der Waals surface area contributed by atoms with Crippen molar-refractivity contribution in [2.24, 2.45) is 0 Å². The summed E-state index contributed by atoms with van der Waals surface area (Å²) in [6.45, 7) is 0. The molecule has 2 unspecified atom stereocenters. The molecule has 1 heterocycles. The van der Waals surface area contributed by atoms with E-state index in [0.717, 1.165) is 5.75 Å². The SMILES string of the molecule is COc1ccc(C2SSC3(CC3)C2OC)cc1. The summed E-state index contributed by atoms with van der Waals surface area (Å²) in [4.78, 5) is 0. The standard InChI is InChI=1S/C13H16O2S2/c1-14-10-5-3-9(4-6-10)11-12(15-2)13(7-8-13)17-16-11/h3-6,11-12H,7-8H2,1-2H3. The first-order valence-electron chi connectivity index (χ1n) is 5.80. The molecular weight excluding hydrogens is 252 g/mol. The van der Waals surface area contributed by atoms with Gasteiger partial charge in [0.05, 0.1) is 23.2 Å². The summed E-state index contributed by atoms with van der Waals surface area (Å²) in [6, 6.07) is 8.38. The molecular formula is C13H16O2S2. The molecule has 4 heteroatoms. The Labute approximate surface area is 110 Å². The third-order valence-electron chi connectivity index (χ3n) is 3.55. The molecule has 1 aromatic carbocycles. The Bertz CT molecular complexity index is 400. The van der Waals surface area contributed by atoms with Crippen LogP contribution in [0, 0.1) is 0 Å². The van der Waals surface area contributed by atoms with Crippen LogP contribution in [-0.2, 0) is 4.74 Å². The smallest absolute Gasteiger partial charge is 0.118 e. The zero-order valence-corrected chi connectivity index (χ0v) is 11.6. The van der Waals surface area contributed by atoms with Crippen molar-refractivity contribution in [1.82, 2.24) is 0 Å². The third kappa shape index (κ3) is 1.96. The van der Waals surface area contributed by atoms with Crippen LogP contribution in [0.25, 0.3) is 0 Å². The second-order valence-electron chi connectivity index (χ2n) is 4.59. The quantitative estimate of drug-likeness (QED) is 0.778. The summed E-state index contributed by atoms with van der Waals surface area (Å²) in [5.74, 6) is 0.916. The van der Waals surface area contributed by atoms with Gasteiger partial charge in [-0.3, -0.25) is 0 Å². The van der Waals surface area contributed by atoms with Crippen LogP contribution in [-0.4, -0.2) is 25.1 Å². The lowest BCUT2D eigenvalue weighted by molar-refractivity contribution is 0.0951. The molecule has 1 aromatic rings. The first kappa shape index (κ1) is 11.8. The maximum absolute atomic E-state index is 5.74. The van der Waals surface area contributed by atoms with Gasteiger partial charge in [-0.25, -0.2) is 0 Å². The molecule has 1 spiro atoms. The maximum Gasteiger partial charge on any atom is 0.118 e. The first-order valence-corrected chi connectivity index (χ1v) is 8.01. The van der Waals surface area contributed by atoms with Crippen LogP contribution < -0.4 is 4.74 Å². The molecule has 92 valence electrons. The van der Waals surface area contributed by atoms with E-state index in [-0.39, 0.29) is 0 Å². The maximum atomic E-state index is 5.74. The molecule has 1 aliphatic carbocycles. The molecule has 2 nitrogen and oxygen atoms in total. The highest BCUT2D eigenvalue weighted by molar-refractivity contribution is 8.77. The van der Waals surface area contributed by atoms with E-state index < -0.39 is 0 Å². The molecule has 17 heavy (non-hydrogen) atoms. The van der Waals surface area contributed by atoms with Crippen molar-refractivity contribution >= 4 is 21.6 Å². The summed E-state index contributed by atoms with van der Waals surface area (Å²) in [7, 11) is 7.52. The van der Waals surface area contributed by atoms with E-state index in [1.807, 2.05) is 40.8 Å². The van der Waals surface area contributed by atoms with E-state index >= 15 is 0 Å². The van der Waals surface area contributed by atoms with Gasteiger partial charge in [-0.2, -0.15) is 0 Å². The topological polar surface area (TPSA) is 18.5 Å². The number of benzene rings is 1. The summed E-state index contributed by atoms with van der Waals surface area (Å²) in [6.07, 6.45) is 2.96. The van der Waals surface area contributed by atoms with Crippen molar-refractivity contribution in [3.8, 4) is 5.75 Å². The summed E-state index contributed by atoms with van der Waals surface area (Å²) >= 11 is 0. The zero-order valence-electron chi connectivity index (χ0n) is 10.0. The minimum atomic E-state index is 0.353. The molecule has 0 radical (unpaired) electrons. The van der Waals surface area contributed by atoms with E-state index in [4.69, 9.17) is 9.47 Å². The van der Waals surface area contributed by atoms with Crippen molar-refractivity contribution in [1.29, 1.82) is 0 Å². The van der Waals surface area contributed by atoms with Gasteiger partial charge in [0.15, 0.2) is 0 Å². The Morgan fingerprint density at radius 3 is 2.41 bits per heavy atom. The molecule has 0 amide bonds. The third-order valence-corrected chi connectivity index (χ3v) is 7.25. The van der Waals surface area contributed by atoms with Crippen LogP contribution in [0.3, 0.4) is 0 Å². The molecule has 1 saturated heterocycles. The van der Waals surface area contributed by atoms with Crippen molar-refractivity contribution in [3.63, 3.8) is 0 Å². The lowest BCUT2D eigenvalue weighted by Gasteiger charge is -2.21. The lowest BCUT2D eigenvalue weighted by atomic mass is 10.0. The van der Waals surface area contributed by atoms with Gasteiger partial charge in [-0.05, 0) is 30.5 Å². The number of ether oxygens (including phenoxy) is 2. The second-order valence-corrected chi connectivity index (χ2v) is 7.35. The van der Waals surface area contributed by atoms with E-state index in [1.165, 1.54) is 18.4 Å². The molecule has 0 aromatic heterocycles. The van der Waals surface area contributed by atoms with Gasteiger partial charge in [0.1, 0.15) is 5.75 Å². The van der Waals surface area contributed by atoms with Crippen LogP contribution in [0.1, 0.15) is 23.7 Å². The number of hydrogen-bond acceptors (Lipinski definition) is 4. The van der Waals surface area contributed by atoms with E-state index in [9.17, 15) is 0 Å². The monoisotopic (exact) mass is 268 g/mol. The van der Waals surface area contributed by atoms with Crippen LogP contribution in [0.4, 0.5) is 0 Å². The Morgan fingerprint density at radius 1 is 1.18 bits per heavy atom. The average molecular weight is 268 g/mol. The predicted molar refractivity (Wildman–Crippen MR) is 73.7 cm³/mol. The number of rotatable bonds is 3. The first-order chi connectivity index (χ1) is 8.29. The van der Waals surface area contributed by atoms with E-state index in [0.29, 0.717) is 16.1 Å². The molecule has 2 aliphatic rings. The van der Waals surface area contributed by atoms with Crippen LogP contribution in [0.5, 0.6) is 5.75 Å². The van der Waals surface area contributed by atoms with Crippen LogP contribution in [0.15, 0.2) is 24.3 Å². The van der Waals surface area contributed by atoms with Gasteiger partial charge in [0.25, 0.3) is 0 Å². The Hall–Kier alpha value is -0.320. The summed E-state index contributed by atoms with van der Waals surface area (Å²) in [5.41, 5.74) is 1.35. The fraction of sp³-hybridized carbons (Fsp3) is 0.538. The Balaban J connectivity index is 1.83. The normalized spacial score (nSPS) is 29.5. The minimum Gasteiger partial charge on any atom is -0.497 e. The fourth-order valence-electron chi connectivity index (χ4n) is 2.37. The summed E-state index contributed by atoms with van der Waals surface area (Å²) in [5, 5.41) is 0.457. The fourth-order valence-corrected chi connectivity index (χ4v) is 6.40. The van der Waals surface area contributed by atoms with Gasteiger partial charge in [-0.1, -0.05) is 33.7 Å². The van der Waals surface area contributed by atoms with Crippen molar-refractivity contribution in [2.45, 2.75) is 28.9 Å². The second kappa shape index (κ2) is 4.41. The molecule has 0 N–H and O–H groups in total. The molecule has 2 atom stereocenters. The highest BCUT2D eigenvalue weighted by Gasteiger charge is 2.58. The Kier molecular flexibility index (Phi) is 3.05. The molecule has 1 saturated carbocycles. The molecule has 2 fully saturated rings. The van der Waals surface area contributed by atoms with Crippen molar-refractivity contribution in [3.05, 3.63) is 29.8 Å². The molecule has 0 bridgehead atoms.